The van der Waals surface area contributed by atoms with E-state index in [0.717, 1.165) is 5.56 Å². The Labute approximate surface area is 116 Å². The first-order valence-corrected chi connectivity index (χ1v) is 6.28. The van der Waals surface area contributed by atoms with Crippen LogP contribution in [0.2, 0.25) is 5.02 Å². The molecule has 0 spiro atoms. The SMILES string of the molecule is Cc1cccc(Cl)c1NC(=O)c1cn(CCN)cn1. The molecule has 2 rings (SSSR count). The molecule has 0 saturated carbocycles. The molecular weight excluding hydrogens is 264 g/mol. The Balaban J connectivity index is 2.16. The van der Waals surface area contributed by atoms with Crippen LogP contribution in [0.4, 0.5) is 5.69 Å². The monoisotopic (exact) mass is 278 g/mol. The maximum atomic E-state index is 12.1. The maximum Gasteiger partial charge on any atom is 0.275 e. The van der Waals surface area contributed by atoms with Crippen LogP contribution in [0, 0.1) is 6.92 Å². The van der Waals surface area contributed by atoms with E-state index in [1.165, 1.54) is 0 Å². The van der Waals surface area contributed by atoms with E-state index in [1.807, 2.05) is 19.1 Å². The highest BCUT2D eigenvalue weighted by atomic mass is 35.5. The number of aromatic nitrogens is 2. The molecule has 0 radical (unpaired) electrons. The van der Waals surface area contributed by atoms with Gasteiger partial charge in [0.1, 0.15) is 5.69 Å². The summed E-state index contributed by atoms with van der Waals surface area (Å²) in [6.07, 6.45) is 3.25. The average molecular weight is 279 g/mol. The number of carbonyl (C=O) groups excluding carboxylic acids is 1. The topological polar surface area (TPSA) is 72.9 Å². The minimum atomic E-state index is -0.285. The van der Waals surface area contributed by atoms with Crippen molar-refractivity contribution in [3.63, 3.8) is 0 Å². The number of aryl methyl sites for hydroxylation is 1. The second-order valence-electron chi connectivity index (χ2n) is 4.17. The number of halogens is 1. The van der Waals surface area contributed by atoms with Gasteiger partial charge < -0.3 is 15.6 Å². The van der Waals surface area contributed by atoms with Crippen molar-refractivity contribution in [3.05, 3.63) is 47.0 Å². The van der Waals surface area contributed by atoms with Crippen LogP contribution >= 0.6 is 11.6 Å². The lowest BCUT2D eigenvalue weighted by molar-refractivity contribution is 0.102. The van der Waals surface area contributed by atoms with Gasteiger partial charge in [0.05, 0.1) is 17.0 Å². The number of para-hydroxylation sites is 1. The van der Waals surface area contributed by atoms with Gasteiger partial charge >= 0.3 is 0 Å². The van der Waals surface area contributed by atoms with E-state index >= 15 is 0 Å². The lowest BCUT2D eigenvalue weighted by atomic mass is 10.2. The van der Waals surface area contributed by atoms with Crippen LogP contribution < -0.4 is 11.1 Å². The highest BCUT2D eigenvalue weighted by Crippen LogP contribution is 2.25. The Morgan fingerprint density at radius 3 is 3.00 bits per heavy atom. The third-order valence-corrected chi connectivity index (χ3v) is 3.03. The molecule has 0 aliphatic carbocycles. The molecule has 0 aliphatic rings. The first-order valence-electron chi connectivity index (χ1n) is 5.90. The van der Waals surface area contributed by atoms with E-state index in [-0.39, 0.29) is 5.91 Å². The number of rotatable bonds is 4. The summed E-state index contributed by atoms with van der Waals surface area (Å²) < 4.78 is 1.77. The standard InChI is InChI=1S/C13H15ClN4O/c1-9-3-2-4-10(14)12(9)17-13(19)11-7-18(6-5-15)8-16-11/h2-4,7-8H,5-6,15H2,1H3,(H,17,19). The van der Waals surface area contributed by atoms with E-state index in [0.29, 0.717) is 29.5 Å². The fraction of sp³-hybridized carbons (Fsp3) is 0.231. The zero-order valence-corrected chi connectivity index (χ0v) is 11.3. The van der Waals surface area contributed by atoms with Crippen molar-refractivity contribution in [2.75, 3.05) is 11.9 Å². The molecule has 100 valence electrons. The number of carbonyl (C=O) groups is 1. The minimum absolute atomic E-state index is 0.285. The first-order chi connectivity index (χ1) is 9.11. The second-order valence-corrected chi connectivity index (χ2v) is 4.58. The molecule has 1 amide bonds. The quantitative estimate of drug-likeness (QED) is 0.899. The van der Waals surface area contributed by atoms with Crippen molar-refractivity contribution in [2.45, 2.75) is 13.5 Å². The Hall–Kier alpha value is -1.85. The number of imidazole rings is 1. The summed E-state index contributed by atoms with van der Waals surface area (Å²) >= 11 is 6.06. The zero-order chi connectivity index (χ0) is 13.8. The van der Waals surface area contributed by atoms with Gasteiger partial charge in [-0.1, -0.05) is 23.7 Å². The number of anilines is 1. The van der Waals surface area contributed by atoms with Gasteiger partial charge in [-0.2, -0.15) is 0 Å². The van der Waals surface area contributed by atoms with Gasteiger partial charge in [-0.05, 0) is 18.6 Å². The van der Waals surface area contributed by atoms with Crippen LogP contribution in [0.1, 0.15) is 16.1 Å². The van der Waals surface area contributed by atoms with Crippen molar-refractivity contribution < 1.29 is 4.79 Å². The lowest BCUT2D eigenvalue weighted by Gasteiger charge is -2.08. The molecule has 0 atom stereocenters. The number of hydrogen-bond acceptors (Lipinski definition) is 3. The molecule has 5 nitrogen and oxygen atoms in total. The van der Waals surface area contributed by atoms with Gasteiger partial charge in [0.2, 0.25) is 0 Å². The third kappa shape index (κ3) is 3.13. The van der Waals surface area contributed by atoms with Crippen molar-refractivity contribution in [1.82, 2.24) is 9.55 Å². The largest absolute Gasteiger partial charge is 0.335 e. The maximum absolute atomic E-state index is 12.1. The van der Waals surface area contributed by atoms with E-state index in [1.54, 1.807) is 23.2 Å². The summed E-state index contributed by atoms with van der Waals surface area (Å²) in [5.74, 6) is -0.285. The van der Waals surface area contributed by atoms with Crippen LogP contribution in [-0.2, 0) is 6.54 Å². The van der Waals surface area contributed by atoms with Crippen LogP contribution in [0.15, 0.2) is 30.7 Å². The number of hydrogen-bond donors (Lipinski definition) is 2. The van der Waals surface area contributed by atoms with Gasteiger partial charge in [0.15, 0.2) is 0 Å². The highest BCUT2D eigenvalue weighted by molar-refractivity contribution is 6.34. The van der Waals surface area contributed by atoms with E-state index in [2.05, 4.69) is 10.3 Å². The molecule has 0 unspecified atom stereocenters. The molecule has 0 fully saturated rings. The Morgan fingerprint density at radius 1 is 1.53 bits per heavy atom. The molecule has 0 aliphatic heterocycles. The van der Waals surface area contributed by atoms with Gasteiger partial charge in [-0.25, -0.2) is 4.98 Å². The highest BCUT2D eigenvalue weighted by Gasteiger charge is 2.12. The summed E-state index contributed by atoms with van der Waals surface area (Å²) in [6.45, 7) is 3.01. The number of amides is 1. The molecule has 1 aromatic heterocycles. The smallest absolute Gasteiger partial charge is 0.275 e. The predicted molar refractivity (Wildman–Crippen MR) is 75.4 cm³/mol. The Kier molecular flexibility index (Phi) is 4.19. The molecule has 2 aromatic rings. The van der Waals surface area contributed by atoms with E-state index < -0.39 is 0 Å². The van der Waals surface area contributed by atoms with Crippen LogP contribution in [0.5, 0.6) is 0 Å². The van der Waals surface area contributed by atoms with Crippen molar-refractivity contribution >= 4 is 23.2 Å². The van der Waals surface area contributed by atoms with Crippen LogP contribution in [0.3, 0.4) is 0 Å². The van der Waals surface area contributed by atoms with Gasteiger partial charge in [-0.15, -0.1) is 0 Å². The van der Waals surface area contributed by atoms with Crippen LogP contribution in [0.25, 0.3) is 0 Å². The Morgan fingerprint density at radius 2 is 2.32 bits per heavy atom. The molecule has 1 heterocycles. The molecule has 1 aromatic carbocycles. The van der Waals surface area contributed by atoms with Gasteiger partial charge in [0, 0.05) is 19.3 Å². The summed E-state index contributed by atoms with van der Waals surface area (Å²) in [4.78, 5) is 16.1. The first kappa shape index (κ1) is 13.6. The number of benzene rings is 1. The van der Waals surface area contributed by atoms with Gasteiger partial charge in [-0.3, -0.25) is 4.79 Å². The second kappa shape index (κ2) is 5.86. The van der Waals surface area contributed by atoms with Crippen molar-refractivity contribution in [3.8, 4) is 0 Å². The third-order valence-electron chi connectivity index (χ3n) is 2.71. The van der Waals surface area contributed by atoms with Crippen molar-refractivity contribution in [2.24, 2.45) is 5.73 Å². The van der Waals surface area contributed by atoms with Crippen LogP contribution in [-0.4, -0.2) is 22.0 Å². The minimum Gasteiger partial charge on any atom is -0.335 e. The van der Waals surface area contributed by atoms with Crippen molar-refractivity contribution in [1.29, 1.82) is 0 Å². The normalized spacial score (nSPS) is 10.5. The summed E-state index contributed by atoms with van der Waals surface area (Å²) in [7, 11) is 0. The number of nitrogens with one attached hydrogen (secondary N) is 1. The molecule has 19 heavy (non-hydrogen) atoms. The number of nitrogens with two attached hydrogens (primary N) is 1. The van der Waals surface area contributed by atoms with Gasteiger partial charge in [0.25, 0.3) is 5.91 Å². The molecule has 0 saturated heterocycles. The summed E-state index contributed by atoms with van der Waals surface area (Å²) in [5, 5.41) is 3.28. The molecular formula is C13H15ClN4O. The predicted octanol–water partition coefficient (Wildman–Crippen LogP) is 2.06. The summed E-state index contributed by atoms with van der Waals surface area (Å²) in [5.41, 5.74) is 7.30. The Bertz CT molecular complexity index is 574. The summed E-state index contributed by atoms with van der Waals surface area (Å²) in [6, 6.07) is 5.45. The molecule has 6 heteroatoms. The van der Waals surface area contributed by atoms with E-state index in [9.17, 15) is 4.79 Å². The fourth-order valence-corrected chi connectivity index (χ4v) is 1.99. The molecule has 0 bridgehead atoms. The number of nitrogens with zero attached hydrogens (tertiary/aromatic N) is 2. The zero-order valence-electron chi connectivity index (χ0n) is 10.6. The van der Waals surface area contributed by atoms with E-state index in [4.69, 9.17) is 17.3 Å². The average Bonchev–Trinajstić information content (AvgIpc) is 2.83. The lowest BCUT2D eigenvalue weighted by Crippen LogP contribution is -2.14. The fourth-order valence-electron chi connectivity index (χ4n) is 1.72. The molecule has 3 N–H and O–H groups in total.